The Labute approximate surface area is 258 Å². The van der Waals surface area contributed by atoms with Crippen LogP contribution in [0.1, 0.15) is 40.7 Å². The summed E-state index contributed by atoms with van der Waals surface area (Å²) >= 11 is 0. The predicted molar refractivity (Wildman–Crippen MR) is 160 cm³/mol. The van der Waals surface area contributed by atoms with Crippen LogP contribution >= 0.6 is 0 Å². The van der Waals surface area contributed by atoms with Gasteiger partial charge in [0.25, 0.3) is 0 Å². The highest BCUT2D eigenvalue weighted by molar-refractivity contribution is 5.94. The summed E-state index contributed by atoms with van der Waals surface area (Å²) < 4.78 is 39.1. The zero-order valence-corrected chi connectivity index (χ0v) is 24.9. The Morgan fingerprint density at radius 2 is 1.47 bits per heavy atom. The molecular formula is C29H39F3N8O5. The second-order valence-corrected chi connectivity index (χ2v) is 10.5. The second kappa shape index (κ2) is 16.3. The summed E-state index contributed by atoms with van der Waals surface area (Å²) in [5.41, 5.74) is 23.6. The number of aliphatic imine (C=N–C) groups is 1. The number of phenols is 1. The molecule has 0 saturated heterocycles. The molecule has 13 nitrogen and oxygen atoms in total. The predicted octanol–water partition coefficient (Wildman–Crippen LogP) is -0.235. The van der Waals surface area contributed by atoms with Gasteiger partial charge < -0.3 is 44.0 Å². The summed E-state index contributed by atoms with van der Waals surface area (Å²) in [5, 5.41) is 17.2. The van der Waals surface area contributed by atoms with E-state index in [4.69, 9.17) is 22.9 Å². The van der Waals surface area contributed by atoms with E-state index in [-0.39, 0.29) is 49.5 Å². The fourth-order valence-corrected chi connectivity index (χ4v) is 4.50. The molecule has 0 fully saturated rings. The van der Waals surface area contributed by atoms with Crippen molar-refractivity contribution in [2.45, 2.75) is 63.8 Å². The molecular weight excluding hydrogens is 597 g/mol. The average Bonchev–Trinajstić information content (AvgIpc) is 2.94. The number of aryl methyl sites for hydroxylation is 2. The lowest BCUT2D eigenvalue weighted by Gasteiger charge is -2.24. The van der Waals surface area contributed by atoms with Gasteiger partial charge in [0.2, 0.25) is 23.6 Å². The fraction of sp³-hybridized carbons (Fsp3) is 0.414. The van der Waals surface area contributed by atoms with E-state index < -0.39 is 60.0 Å². The third kappa shape index (κ3) is 12.0. The maximum atomic E-state index is 13.5. The van der Waals surface area contributed by atoms with Crippen molar-refractivity contribution in [1.82, 2.24) is 16.0 Å². The van der Waals surface area contributed by atoms with Gasteiger partial charge in [0.05, 0.1) is 18.2 Å². The minimum absolute atomic E-state index is 0.0221. The monoisotopic (exact) mass is 636 g/mol. The molecule has 246 valence electrons. The van der Waals surface area contributed by atoms with Gasteiger partial charge in [0.1, 0.15) is 17.8 Å². The summed E-state index contributed by atoms with van der Waals surface area (Å²) in [4.78, 5) is 54.6. The number of primary amides is 1. The highest BCUT2D eigenvalue weighted by atomic mass is 19.4. The third-order valence-corrected chi connectivity index (χ3v) is 6.81. The van der Waals surface area contributed by atoms with Gasteiger partial charge in [-0.1, -0.05) is 12.1 Å². The number of nitrogens with one attached hydrogen (secondary N) is 3. The van der Waals surface area contributed by atoms with Gasteiger partial charge in [-0.2, -0.15) is 13.2 Å². The van der Waals surface area contributed by atoms with Crippen molar-refractivity contribution in [3.05, 3.63) is 64.2 Å². The van der Waals surface area contributed by atoms with Crippen molar-refractivity contribution in [2.24, 2.45) is 27.9 Å². The SMILES string of the molecule is Cc1cc(O)cc(C)c1C[C@H](N)C(=O)N[C@H](CCCN=C(N)N)C(=O)N[C@@H](Cc1ccc(C(F)(F)F)cc1)C(=O)NCC(N)=O. The summed E-state index contributed by atoms with van der Waals surface area (Å²) in [6.45, 7) is 3.08. The zero-order chi connectivity index (χ0) is 33.9. The molecule has 0 aliphatic carbocycles. The van der Waals surface area contributed by atoms with Gasteiger partial charge in [-0.3, -0.25) is 24.2 Å². The lowest BCUT2D eigenvalue weighted by atomic mass is 9.95. The van der Waals surface area contributed by atoms with Crippen LogP contribution in [0.4, 0.5) is 13.2 Å². The van der Waals surface area contributed by atoms with Gasteiger partial charge in [-0.15, -0.1) is 0 Å². The van der Waals surface area contributed by atoms with Crippen molar-refractivity contribution in [3.63, 3.8) is 0 Å². The Morgan fingerprint density at radius 1 is 0.889 bits per heavy atom. The number of nitrogens with two attached hydrogens (primary N) is 4. The normalized spacial score (nSPS) is 13.2. The minimum atomic E-state index is -4.57. The Balaban J connectivity index is 2.27. The molecule has 3 atom stereocenters. The molecule has 2 aromatic carbocycles. The van der Waals surface area contributed by atoms with E-state index in [1.807, 2.05) is 0 Å². The summed E-state index contributed by atoms with van der Waals surface area (Å²) in [6.07, 6.45) is -4.47. The van der Waals surface area contributed by atoms with Crippen molar-refractivity contribution in [1.29, 1.82) is 0 Å². The third-order valence-electron chi connectivity index (χ3n) is 6.81. The number of carbonyl (C=O) groups is 4. The van der Waals surface area contributed by atoms with Crippen LogP contribution < -0.4 is 38.9 Å². The Kier molecular flexibility index (Phi) is 13.1. The molecule has 0 saturated carbocycles. The molecule has 2 aromatic rings. The van der Waals surface area contributed by atoms with Crippen LogP contribution in [0.15, 0.2) is 41.4 Å². The second-order valence-electron chi connectivity index (χ2n) is 10.5. The standard InChI is InChI=1S/C29H39F3N8O5/c1-15-10-19(41)11-16(2)20(15)13-21(33)25(43)39-22(4-3-9-37-28(35)36)27(45)40-23(26(44)38-14-24(34)42)12-17-5-7-18(8-6-17)29(30,31)32/h5-8,10-11,21-23,41H,3-4,9,12-14,33H2,1-2H3,(H2,34,42)(H,38,44)(H,39,43)(H,40,45)(H4,35,36,37)/t21-,22+,23-/m0/s1. The van der Waals surface area contributed by atoms with E-state index in [0.717, 1.165) is 41.0 Å². The first-order valence-corrected chi connectivity index (χ1v) is 13.9. The Morgan fingerprint density at radius 3 is 2.00 bits per heavy atom. The molecule has 0 aromatic heterocycles. The number of aromatic hydroxyl groups is 1. The van der Waals surface area contributed by atoms with Gasteiger partial charge in [-0.25, -0.2) is 0 Å². The van der Waals surface area contributed by atoms with Crippen molar-refractivity contribution < 1.29 is 37.5 Å². The van der Waals surface area contributed by atoms with E-state index in [9.17, 15) is 37.5 Å². The Hall–Kier alpha value is -4.86. The average molecular weight is 637 g/mol. The molecule has 12 N–H and O–H groups in total. The first kappa shape index (κ1) is 36.3. The fourth-order valence-electron chi connectivity index (χ4n) is 4.50. The summed E-state index contributed by atoms with van der Waals surface area (Å²) in [5.74, 6) is -3.28. The van der Waals surface area contributed by atoms with Crippen LogP contribution in [-0.2, 0) is 38.2 Å². The Bertz CT molecular complexity index is 1370. The van der Waals surface area contributed by atoms with E-state index in [2.05, 4.69) is 20.9 Å². The molecule has 0 radical (unpaired) electrons. The first-order valence-electron chi connectivity index (χ1n) is 13.9. The molecule has 2 rings (SSSR count). The number of nitrogens with zero attached hydrogens (tertiary/aromatic N) is 1. The van der Waals surface area contributed by atoms with E-state index in [1.165, 1.54) is 12.1 Å². The molecule has 45 heavy (non-hydrogen) atoms. The van der Waals surface area contributed by atoms with Crippen LogP contribution in [0.3, 0.4) is 0 Å². The number of alkyl halides is 3. The van der Waals surface area contributed by atoms with Crippen molar-refractivity contribution >= 4 is 29.6 Å². The number of amides is 4. The van der Waals surface area contributed by atoms with Crippen LogP contribution in [0, 0.1) is 13.8 Å². The number of benzene rings is 2. The van der Waals surface area contributed by atoms with Gasteiger partial charge >= 0.3 is 6.18 Å². The van der Waals surface area contributed by atoms with E-state index >= 15 is 0 Å². The molecule has 0 aliphatic rings. The number of hydrogen-bond acceptors (Lipinski definition) is 7. The highest BCUT2D eigenvalue weighted by Crippen LogP contribution is 2.29. The van der Waals surface area contributed by atoms with Gasteiger partial charge in [-0.05, 0) is 79.6 Å². The van der Waals surface area contributed by atoms with Crippen LogP contribution in [0.25, 0.3) is 0 Å². The smallest absolute Gasteiger partial charge is 0.416 e. The quantitative estimate of drug-likeness (QED) is 0.0736. The first-order chi connectivity index (χ1) is 21.0. The van der Waals surface area contributed by atoms with Crippen LogP contribution in [0.5, 0.6) is 5.75 Å². The molecule has 0 bridgehead atoms. The largest absolute Gasteiger partial charge is 0.508 e. The minimum Gasteiger partial charge on any atom is -0.508 e. The van der Waals surface area contributed by atoms with E-state index in [0.29, 0.717) is 0 Å². The van der Waals surface area contributed by atoms with Gasteiger partial charge in [0, 0.05) is 13.0 Å². The molecule has 0 spiro atoms. The summed E-state index contributed by atoms with van der Waals surface area (Å²) in [7, 11) is 0. The summed E-state index contributed by atoms with van der Waals surface area (Å²) in [6, 6.07) is 3.37. The van der Waals surface area contributed by atoms with Crippen LogP contribution in [0.2, 0.25) is 0 Å². The van der Waals surface area contributed by atoms with Crippen LogP contribution in [-0.4, -0.2) is 65.9 Å². The lowest BCUT2D eigenvalue weighted by molar-refractivity contribution is -0.137. The van der Waals surface area contributed by atoms with Crippen molar-refractivity contribution in [3.8, 4) is 5.75 Å². The van der Waals surface area contributed by atoms with Gasteiger partial charge in [0.15, 0.2) is 5.96 Å². The number of halogens is 3. The molecule has 16 heteroatoms. The highest BCUT2D eigenvalue weighted by Gasteiger charge is 2.31. The number of hydrogen-bond donors (Lipinski definition) is 8. The van der Waals surface area contributed by atoms with E-state index in [1.54, 1.807) is 13.8 Å². The molecule has 0 unspecified atom stereocenters. The number of guanidine groups is 1. The maximum absolute atomic E-state index is 13.5. The topological polar surface area (TPSA) is 241 Å². The molecule has 0 heterocycles. The number of rotatable bonds is 15. The zero-order valence-electron chi connectivity index (χ0n) is 24.9. The van der Waals surface area contributed by atoms with Crippen molar-refractivity contribution in [2.75, 3.05) is 13.1 Å². The number of phenolic OH excluding ortho intramolecular Hbond substituents is 1. The molecule has 4 amide bonds. The number of carbonyl (C=O) groups excluding carboxylic acids is 4. The maximum Gasteiger partial charge on any atom is 0.416 e. The lowest BCUT2D eigenvalue weighted by Crippen LogP contribution is -2.57. The molecule has 0 aliphatic heterocycles.